The fourth-order valence-corrected chi connectivity index (χ4v) is 4.40. The van der Waals surface area contributed by atoms with Gasteiger partial charge in [0.25, 0.3) is 0 Å². The van der Waals surface area contributed by atoms with Crippen LogP contribution in [0.1, 0.15) is 54.6 Å². The molecular weight excluding hydrogens is 346 g/mol. The Morgan fingerprint density at radius 2 is 1.96 bits per heavy atom. The molecule has 2 aliphatic heterocycles. The molecule has 3 heterocycles. The predicted molar refractivity (Wildman–Crippen MR) is 99.3 cm³/mol. The minimum absolute atomic E-state index is 0.140. The van der Waals surface area contributed by atoms with Gasteiger partial charge < -0.3 is 10.4 Å². The number of nitrogens with one attached hydrogen (secondary N) is 2. The average Bonchev–Trinajstić information content (AvgIpc) is 3.37. The van der Waals surface area contributed by atoms with Gasteiger partial charge in [0.15, 0.2) is 0 Å². The van der Waals surface area contributed by atoms with Gasteiger partial charge in [-0.2, -0.15) is 5.10 Å². The highest BCUT2D eigenvalue weighted by atomic mass is 16.4. The van der Waals surface area contributed by atoms with Gasteiger partial charge in [-0.25, -0.2) is 4.79 Å². The zero-order valence-electron chi connectivity index (χ0n) is 15.7. The molecule has 0 bridgehead atoms. The number of aromatic carboxylic acids is 1. The van der Waals surface area contributed by atoms with Crippen LogP contribution in [0.2, 0.25) is 0 Å². The first kappa shape index (κ1) is 18.4. The van der Waals surface area contributed by atoms with E-state index in [0.29, 0.717) is 18.6 Å². The maximum absolute atomic E-state index is 12.4. The lowest BCUT2D eigenvalue weighted by Gasteiger charge is -2.42. The Balaban J connectivity index is 1.26. The third-order valence-corrected chi connectivity index (χ3v) is 6.15. The van der Waals surface area contributed by atoms with Crippen molar-refractivity contribution < 1.29 is 14.7 Å². The number of carboxylic acids is 1. The lowest BCUT2D eigenvalue weighted by Crippen LogP contribution is -2.50. The molecule has 8 heteroatoms. The topological polar surface area (TPSA) is 102 Å². The van der Waals surface area contributed by atoms with E-state index in [4.69, 9.17) is 0 Å². The van der Waals surface area contributed by atoms with Crippen LogP contribution in [0.4, 0.5) is 0 Å². The Hall–Kier alpha value is -1.93. The summed E-state index contributed by atoms with van der Waals surface area (Å²) in [6, 6.07) is 0.968. The monoisotopic (exact) mass is 375 g/mol. The fourth-order valence-electron chi connectivity index (χ4n) is 4.40. The Kier molecular flexibility index (Phi) is 5.45. The summed E-state index contributed by atoms with van der Waals surface area (Å²) in [5, 5.41) is 18.8. The molecule has 8 nitrogen and oxygen atoms in total. The number of piperidine rings is 2. The molecule has 0 radical (unpaired) electrons. The van der Waals surface area contributed by atoms with Crippen molar-refractivity contribution in [1.82, 2.24) is 25.3 Å². The van der Waals surface area contributed by atoms with E-state index in [-0.39, 0.29) is 17.5 Å². The van der Waals surface area contributed by atoms with Crippen molar-refractivity contribution in [2.24, 2.45) is 5.92 Å². The standard InChI is InChI=1S/C19H29N5O3/c25-18(21-15-3-4-15)13-2-1-7-24(12-13)16-5-8-23(9-6-16)11-14-10-20-22-17(14)19(26)27/h10,13,15-16H,1-9,11-12H2,(H,20,22)(H,21,25)(H,26,27). The summed E-state index contributed by atoms with van der Waals surface area (Å²) in [5.74, 6) is -0.566. The van der Waals surface area contributed by atoms with Crippen molar-refractivity contribution in [3.05, 3.63) is 17.5 Å². The maximum atomic E-state index is 12.4. The van der Waals surface area contributed by atoms with Gasteiger partial charge in [-0.05, 0) is 58.2 Å². The molecule has 27 heavy (non-hydrogen) atoms. The van der Waals surface area contributed by atoms with Crippen molar-refractivity contribution >= 4 is 11.9 Å². The molecule has 2 saturated heterocycles. The summed E-state index contributed by atoms with van der Waals surface area (Å²) in [5.41, 5.74) is 0.938. The number of H-pyrrole nitrogens is 1. The van der Waals surface area contributed by atoms with Gasteiger partial charge >= 0.3 is 5.97 Å². The van der Waals surface area contributed by atoms with Crippen LogP contribution in [0.25, 0.3) is 0 Å². The molecule has 1 atom stereocenters. The van der Waals surface area contributed by atoms with Gasteiger partial charge in [0.05, 0.1) is 12.1 Å². The number of amides is 1. The minimum Gasteiger partial charge on any atom is -0.477 e. The number of aromatic nitrogens is 2. The summed E-state index contributed by atoms with van der Waals surface area (Å²) in [4.78, 5) is 28.4. The number of nitrogens with zero attached hydrogens (tertiary/aromatic N) is 3. The van der Waals surface area contributed by atoms with Crippen LogP contribution in [-0.4, -0.2) is 75.2 Å². The Bertz CT molecular complexity index is 679. The largest absolute Gasteiger partial charge is 0.477 e. The van der Waals surface area contributed by atoms with Gasteiger partial charge in [0.2, 0.25) is 5.91 Å². The van der Waals surface area contributed by atoms with Crippen LogP contribution in [0.15, 0.2) is 6.20 Å². The molecule has 1 saturated carbocycles. The summed E-state index contributed by atoms with van der Waals surface area (Å²) in [6.07, 6.45) is 8.13. The molecule has 3 N–H and O–H groups in total. The first-order chi connectivity index (χ1) is 13.1. The smallest absolute Gasteiger partial charge is 0.354 e. The van der Waals surface area contributed by atoms with E-state index in [2.05, 4.69) is 25.3 Å². The second-order valence-corrected chi connectivity index (χ2v) is 8.20. The van der Waals surface area contributed by atoms with E-state index in [1.807, 2.05) is 0 Å². The SMILES string of the molecule is O=C(O)c1[nH]ncc1CN1CCC(N2CCCC(C(=O)NC3CC3)C2)CC1. The van der Waals surface area contributed by atoms with Gasteiger partial charge in [0, 0.05) is 30.7 Å². The van der Waals surface area contributed by atoms with E-state index < -0.39 is 5.97 Å². The first-order valence-electron chi connectivity index (χ1n) is 10.1. The number of carboxylic acid groups (broad SMARTS) is 1. The number of rotatable bonds is 6. The summed E-state index contributed by atoms with van der Waals surface area (Å²) < 4.78 is 0. The van der Waals surface area contributed by atoms with E-state index in [1.54, 1.807) is 6.20 Å². The first-order valence-corrected chi connectivity index (χ1v) is 10.1. The van der Waals surface area contributed by atoms with Gasteiger partial charge in [-0.1, -0.05) is 0 Å². The molecular formula is C19H29N5O3. The molecule has 3 fully saturated rings. The Morgan fingerprint density at radius 1 is 1.19 bits per heavy atom. The average molecular weight is 375 g/mol. The molecule has 0 spiro atoms. The second-order valence-electron chi connectivity index (χ2n) is 8.20. The van der Waals surface area contributed by atoms with Crippen LogP contribution in [0.3, 0.4) is 0 Å². The number of carbonyl (C=O) groups excluding carboxylic acids is 1. The van der Waals surface area contributed by atoms with Gasteiger partial charge in [-0.3, -0.25) is 19.7 Å². The molecule has 0 aromatic carbocycles. The Morgan fingerprint density at radius 3 is 2.67 bits per heavy atom. The zero-order valence-corrected chi connectivity index (χ0v) is 15.7. The number of hydrogen-bond donors (Lipinski definition) is 3. The van der Waals surface area contributed by atoms with Crippen LogP contribution in [0, 0.1) is 5.92 Å². The number of hydrogen-bond acceptors (Lipinski definition) is 5. The van der Waals surface area contributed by atoms with Crippen LogP contribution < -0.4 is 5.32 Å². The predicted octanol–water partition coefficient (Wildman–Crippen LogP) is 1.06. The number of aromatic amines is 1. The number of likely N-dealkylation sites (tertiary alicyclic amines) is 2. The zero-order chi connectivity index (χ0) is 18.8. The van der Waals surface area contributed by atoms with E-state index in [1.165, 1.54) is 0 Å². The normalized spacial score (nSPS) is 25.4. The second kappa shape index (κ2) is 7.98. The molecule has 1 amide bonds. The quantitative estimate of drug-likeness (QED) is 0.687. The Labute approximate surface area is 159 Å². The molecule has 148 valence electrons. The van der Waals surface area contributed by atoms with E-state index >= 15 is 0 Å². The maximum Gasteiger partial charge on any atom is 0.354 e. The summed E-state index contributed by atoms with van der Waals surface area (Å²) >= 11 is 0. The highest BCUT2D eigenvalue weighted by Gasteiger charge is 2.33. The molecule has 1 aromatic heterocycles. The van der Waals surface area contributed by atoms with Crippen LogP contribution in [-0.2, 0) is 11.3 Å². The van der Waals surface area contributed by atoms with Crippen molar-refractivity contribution in [2.45, 2.75) is 57.2 Å². The third kappa shape index (κ3) is 4.50. The lowest BCUT2D eigenvalue weighted by molar-refractivity contribution is -0.127. The summed E-state index contributed by atoms with van der Waals surface area (Å²) in [6.45, 7) is 4.49. The van der Waals surface area contributed by atoms with Crippen molar-refractivity contribution in [3.8, 4) is 0 Å². The van der Waals surface area contributed by atoms with E-state index in [9.17, 15) is 14.7 Å². The molecule has 1 unspecified atom stereocenters. The van der Waals surface area contributed by atoms with Crippen LogP contribution in [0.5, 0.6) is 0 Å². The van der Waals surface area contributed by atoms with Gasteiger partial charge in [-0.15, -0.1) is 0 Å². The minimum atomic E-state index is -0.957. The molecule has 1 aliphatic carbocycles. The molecule has 1 aromatic rings. The molecule has 4 rings (SSSR count). The van der Waals surface area contributed by atoms with Crippen molar-refractivity contribution in [2.75, 3.05) is 26.2 Å². The highest BCUT2D eigenvalue weighted by Crippen LogP contribution is 2.26. The molecule has 3 aliphatic rings. The third-order valence-electron chi connectivity index (χ3n) is 6.15. The fraction of sp³-hybridized carbons (Fsp3) is 0.737. The highest BCUT2D eigenvalue weighted by molar-refractivity contribution is 5.86. The van der Waals surface area contributed by atoms with Crippen molar-refractivity contribution in [1.29, 1.82) is 0 Å². The van der Waals surface area contributed by atoms with Crippen molar-refractivity contribution in [3.63, 3.8) is 0 Å². The van der Waals surface area contributed by atoms with E-state index in [0.717, 1.165) is 70.3 Å². The number of carbonyl (C=O) groups is 2. The lowest BCUT2D eigenvalue weighted by atomic mass is 9.93. The summed E-state index contributed by atoms with van der Waals surface area (Å²) in [7, 11) is 0. The van der Waals surface area contributed by atoms with Crippen LogP contribution >= 0.6 is 0 Å². The van der Waals surface area contributed by atoms with Gasteiger partial charge in [0.1, 0.15) is 5.69 Å².